The number of rotatable bonds is 6. The Labute approximate surface area is 170 Å². The number of halogens is 2. The number of carbonyl (C=O) groups excluding carboxylic acids is 1. The van der Waals surface area contributed by atoms with Gasteiger partial charge in [-0.15, -0.1) is 0 Å². The van der Waals surface area contributed by atoms with Crippen molar-refractivity contribution in [3.63, 3.8) is 0 Å². The summed E-state index contributed by atoms with van der Waals surface area (Å²) in [6.45, 7) is 1.19. The summed E-state index contributed by atoms with van der Waals surface area (Å²) in [4.78, 5) is 23.4. The van der Waals surface area contributed by atoms with E-state index in [1.165, 1.54) is 23.5 Å². The summed E-state index contributed by atoms with van der Waals surface area (Å²) in [6.07, 6.45) is 6.05. The van der Waals surface area contributed by atoms with Crippen LogP contribution in [0.15, 0.2) is 61.2 Å². The van der Waals surface area contributed by atoms with Crippen molar-refractivity contribution >= 4 is 44.2 Å². The van der Waals surface area contributed by atoms with Gasteiger partial charge in [-0.2, -0.15) is 0 Å². The molecule has 0 aliphatic heterocycles. The average Bonchev–Trinajstić information content (AvgIpc) is 3.34. The van der Waals surface area contributed by atoms with Gasteiger partial charge in [0.25, 0.3) is 5.91 Å². The molecule has 0 radical (unpaired) electrons. The highest BCUT2D eigenvalue weighted by Gasteiger charge is 2.21. The second-order valence-electron chi connectivity index (χ2n) is 6.23. The lowest BCUT2D eigenvalue weighted by molar-refractivity contribution is 0.0986. The summed E-state index contributed by atoms with van der Waals surface area (Å²) in [5, 5.41) is 1.03. The second-order valence-corrected chi connectivity index (χ2v) is 7.68. The molecular formula is C20H16ClFN4OS. The summed E-state index contributed by atoms with van der Waals surface area (Å²) in [5.41, 5.74) is 1.15. The molecule has 0 saturated carbocycles. The van der Waals surface area contributed by atoms with Gasteiger partial charge in [0.05, 0.1) is 16.5 Å². The second kappa shape index (κ2) is 8.08. The van der Waals surface area contributed by atoms with Gasteiger partial charge in [-0.25, -0.2) is 14.4 Å². The number of aromatic nitrogens is 3. The molecule has 2 heterocycles. The lowest BCUT2D eigenvalue weighted by Gasteiger charge is -2.20. The van der Waals surface area contributed by atoms with Crippen LogP contribution >= 0.6 is 22.9 Å². The van der Waals surface area contributed by atoms with Gasteiger partial charge in [-0.3, -0.25) is 9.69 Å². The number of thiazole rings is 1. The Morgan fingerprint density at radius 3 is 2.93 bits per heavy atom. The number of imidazole rings is 1. The molecule has 8 heteroatoms. The summed E-state index contributed by atoms with van der Waals surface area (Å²) < 4.78 is 16.2. The molecule has 0 bridgehead atoms. The third-order valence-corrected chi connectivity index (χ3v) is 5.52. The van der Waals surface area contributed by atoms with Crippen molar-refractivity contribution < 1.29 is 9.18 Å². The minimum absolute atomic E-state index is 0.187. The molecule has 2 aromatic heterocycles. The van der Waals surface area contributed by atoms with Crippen LogP contribution in [0.4, 0.5) is 9.52 Å². The van der Waals surface area contributed by atoms with E-state index in [1.807, 2.05) is 10.8 Å². The van der Waals surface area contributed by atoms with Gasteiger partial charge in [0.1, 0.15) is 5.82 Å². The first kappa shape index (κ1) is 18.6. The zero-order valence-corrected chi connectivity index (χ0v) is 16.3. The number of benzene rings is 2. The van der Waals surface area contributed by atoms with Crippen LogP contribution in [0.1, 0.15) is 16.8 Å². The molecule has 0 aliphatic carbocycles. The van der Waals surface area contributed by atoms with Crippen molar-refractivity contribution in [2.75, 3.05) is 11.4 Å². The van der Waals surface area contributed by atoms with E-state index < -0.39 is 0 Å². The fourth-order valence-corrected chi connectivity index (χ4v) is 4.10. The number of fused-ring (bicyclic) bond motifs is 1. The summed E-state index contributed by atoms with van der Waals surface area (Å²) in [7, 11) is 0. The fourth-order valence-electron chi connectivity index (χ4n) is 2.89. The maximum atomic E-state index is 13.5. The molecule has 0 unspecified atom stereocenters. The van der Waals surface area contributed by atoms with Crippen molar-refractivity contribution in [1.82, 2.24) is 14.5 Å². The predicted octanol–water partition coefficient (Wildman–Crippen LogP) is 5.02. The molecular weight excluding hydrogens is 399 g/mol. The van der Waals surface area contributed by atoms with Crippen LogP contribution in [0.5, 0.6) is 0 Å². The lowest BCUT2D eigenvalue weighted by Crippen LogP contribution is -2.32. The van der Waals surface area contributed by atoms with E-state index in [0.717, 1.165) is 6.54 Å². The van der Waals surface area contributed by atoms with Crippen molar-refractivity contribution in [2.24, 2.45) is 0 Å². The average molecular weight is 415 g/mol. The molecule has 2 aromatic carbocycles. The molecule has 0 saturated heterocycles. The van der Waals surface area contributed by atoms with E-state index in [2.05, 4.69) is 9.97 Å². The van der Waals surface area contributed by atoms with Gasteiger partial charge < -0.3 is 4.57 Å². The molecule has 0 aliphatic rings. The largest absolute Gasteiger partial charge is 0.337 e. The first-order valence-corrected chi connectivity index (χ1v) is 9.89. The van der Waals surface area contributed by atoms with E-state index in [4.69, 9.17) is 11.6 Å². The molecule has 0 fully saturated rings. The van der Waals surface area contributed by atoms with E-state index >= 15 is 0 Å². The minimum atomic E-state index is -0.324. The van der Waals surface area contributed by atoms with Crippen LogP contribution in [0.25, 0.3) is 10.2 Å². The molecule has 1 amide bonds. The van der Waals surface area contributed by atoms with Crippen molar-refractivity contribution in [2.45, 2.75) is 13.0 Å². The van der Waals surface area contributed by atoms with Crippen LogP contribution in [0, 0.1) is 5.82 Å². The van der Waals surface area contributed by atoms with Gasteiger partial charge in [-0.05, 0) is 42.8 Å². The topological polar surface area (TPSA) is 51.0 Å². The number of aryl methyl sites for hydroxylation is 1. The summed E-state index contributed by atoms with van der Waals surface area (Å²) >= 11 is 7.35. The number of hydrogen-bond acceptors (Lipinski definition) is 4. The van der Waals surface area contributed by atoms with Crippen molar-refractivity contribution in [3.05, 3.63) is 77.6 Å². The smallest absolute Gasteiger partial charge is 0.260 e. The van der Waals surface area contributed by atoms with Gasteiger partial charge in [0.2, 0.25) is 0 Å². The molecule has 0 N–H and O–H groups in total. The van der Waals surface area contributed by atoms with E-state index in [1.54, 1.807) is 47.8 Å². The first-order valence-electron chi connectivity index (χ1n) is 8.69. The van der Waals surface area contributed by atoms with Gasteiger partial charge >= 0.3 is 0 Å². The number of hydrogen-bond donors (Lipinski definition) is 0. The van der Waals surface area contributed by atoms with Gasteiger partial charge in [0, 0.05) is 36.1 Å². The first-order chi connectivity index (χ1) is 13.6. The molecule has 4 rings (SSSR count). The normalized spacial score (nSPS) is 11.1. The molecule has 4 aromatic rings. The molecule has 5 nitrogen and oxygen atoms in total. The van der Waals surface area contributed by atoms with Gasteiger partial charge in [-0.1, -0.05) is 29.0 Å². The Bertz CT molecular complexity index is 1110. The number of nitrogens with zero attached hydrogens (tertiary/aromatic N) is 4. The summed E-state index contributed by atoms with van der Waals surface area (Å²) in [6, 6.07) is 11.3. The zero-order valence-electron chi connectivity index (χ0n) is 14.8. The maximum absolute atomic E-state index is 13.5. The standard InChI is InChI=1S/C20H16ClFN4OS/c21-15-4-1-3-14(11-15)19(27)26(9-2-8-25-10-7-23-13-25)20-24-17-6-5-16(22)12-18(17)28-20/h1,3-7,10-13H,2,8-9H2. The number of anilines is 1. The predicted molar refractivity (Wildman–Crippen MR) is 110 cm³/mol. The number of carbonyl (C=O) groups is 1. The maximum Gasteiger partial charge on any atom is 0.260 e. The fraction of sp³-hybridized carbons (Fsp3) is 0.150. The molecule has 28 heavy (non-hydrogen) atoms. The van der Waals surface area contributed by atoms with E-state index in [9.17, 15) is 9.18 Å². The van der Waals surface area contributed by atoms with E-state index in [0.29, 0.717) is 38.9 Å². The van der Waals surface area contributed by atoms with Crippen molar-refractivity contribution in [1.29, 1.82) is 0 Å². The summed E-state index contributed by atoms with van der Waals surface area (Å²) in [5.74, 6) is -0.511. The monoisotopic (exact) mass is 414 g/mol. The minimum Gasteiger partial charge on any atom is -0.337 e. The van der Waals surface area contributed by atoms with Crippen LogP contribution < -0.4 is 4.90 Å². The Kier molecular flexibility index (Phi) is 5.36. The Balaban J connectivity index is 1.63. The highest BCUT2D eigenvalue weighted by molar-refractivity contribution is 7.22. The third-order valence-electron chi connectivity index (χ3n) is 4.24. The van der Waals surface area contributed by atoms with Crippen molar-refractivity contribution in [3.8, 4) is 0 Å². The Morgan fingerprint density at radius 1 is 1.25 bits per heavy atom. The van der Waals surface area contributed by atoms with Gasteiger partial charge in [0.15, 0.2) is 5.13 Å². The zero-order chi connectivity index (χ0) is 19.5. The third kappa shape index (κ3) is 4.05. The van der Waals surface area contributed by atoms with Crippen LogP contribution in [-0.4, -0.2) is 27.0 Å². The highest BCUT2D eigenvalue weighted by atomic mass is 35.5. The van der Waals surface area contributed by atoms with Crippen LogP contribution in [-0.2, 0) is 6.54 Å². The Morgan fingerprint density at radius 2 is 2.14 bits per heavy atom. The highest BCUT2D eigenvalue weighted by Crippen LogP contribution is 2.30. The molecule has 0 atom stereocenters. The van der Waals surface area contributed by atoms with Crippen LogP contribution in [0.2, 0.25) is 5.02 Å². The SMILES string of the molecule is O=C(c1cccc(Cl)c1)N(CCCn1ccnc1)c1nc2ccc(F)cc2s1. The number of amides is 1. The van der Waals surface area contributed by atoms with Crippen LogP contribution in [0.3, 0.4) is 0 Å². The molecule has 142 valence electrons. The molecule has 0 spiro atoms. The Hall–Kier alpha value is -2.77. The quantitative estimate of drug-likeness (QED) is 0.445. The van der Waals surface area contributed by atoms with E-state index in [-0.39, 0.29) is 11.7 Å². The lowest BCUT2D eigenvalue weighted by atomic mass is 10.2.